The molecule has 9 heteroatoms. The number of nitrogens with one attached hydrogen (secondary N) is 1. The maximum absolute atomic E-state index is 13.4. The molecule has 2 heterocycles. The van der Waals surface area contributed by atoms with E-state index in [1.807, 2.05) is 32.0 Å². The van der Waals surface area contributed by atoms with Gasteiger partial charge in [0.05, 0.1) is 23.7 Å². The molecule has 0 unspecified atom stereocenters. The van der Waals surface area contributed by atoms with E-state index in [4.69, 9.17) is 4.74 Å². The molecule has 0 atom stereocenters. The lowest BCUT2D eigenvalue weighted by molar-refractivity contribution is -0.384. The number of imide groups is 1. The molecular formula is C24H26N4O5. The Labute approximate surface area is 191 Å². The molecule has 2 amide bonds. The van der Waals surface area contributed by atoms with E-state index in [-0.39, 0.29) is 23.5 Å². The average Bonchev–Trinajstić information content (AvgIpc) is 3.05. The van der Waals surface area contributed by atoms with Crippen molar-refractivity contribution < 1.29 is 19.2 Å². The van der Waals surface area contributed by atoms with Gasteiger partial charge in [0.25, 0.3) is 17.5 Å². The smallest absolute Gasteiger partial charge is 0.278 e. The van der Waals surface area contributed by atoms with Crippen molar-refractivity contribution in [3.63, 3.8) is 0 Å². The molecule has 2 aromatic rings. The molecule has 9 nitrogen and oxygen atoms in total. The van der Waals surface area contributed by atoms with Crippen LogP contribution in [0.1, 0.15) is 16.7 Å². The number of non-ortho nitro benzene ring substituents is 1. The largest absolute Gasteiger partial charge is 0.379 e. The number of aryl methyl sites for hydroxylation is 1. The number of hydrogen-bond donors (Lipinski definition) is 1. The molecule has 0 saturated carbocycles. The Balaban J connectivity index is 1.67. The van der Waals surface area contributed by atoms with E-state index in [9.17, 15) is 19.7 Å². The second-order valence-electron chi connectivity index (χ2n) is 8.14. The number of benzene rings is 2. The Morgan fingerprint density at radius 1 is 1.00 bits per heavy atom. The van der Waals surface area contributed by atoms with E-state index in [0.29, 0.717) is 25.3 Å². The predicted octanol–water partition coefficient (Wildman–Crippen LogP) is 2.74. The maximum atomic E-state index is 13.4. The van der Waals surface area contributed by atoms with Gasteiger partial charge in [-0.2, -0.15) is 0 Å². The van der Waals surface area contributed by atoms with Gasteiger partial charge < -0.3 is 10.1 Å². The minimum atomic E-state index is -0.496. The number of ether oxygens (including phenoxy) is 1. The number of amides is 2. The van der Waals surface area contributed by atoms with Gasteiger partial charge in [0, 0.05) is 44.0 Å². The highest BCUT2D eigenvalue weighted by Crippen LogP contribution is 2.32. The van der Waals surface area contributed by atoms with E-state index in [2.05, 4.69) is 10.2 Å². The minimum absolute atomic E-state index is 0.0793. The van der Waals surface area contributed by atoms with Crippen LogP contribution in [0.5, 0.6) is 0 Å². The molecule has 0 aromatic heterocycles. The van der Waals surface area contributed by atoms with Gasteiger partial charge in [0.15, 0.2) is 0 Å². The molecule has 33 heavy (non-hydrogen) atoms. The third kappa shape index (κ3) is 4.64. The predicted molar refractivity (Wildman–Crippen MR) is 124 cm³/mol. The fourth-order valence-corrected chi connectivity index (χ4v) is 4.00. The van der Waals surface area contributed by atoms with E-state index in [0.717, 1.165) is 29.9 Å². The van der Waals surface area contributed by atoms with Crippen LogP contribution in [-0.4, -0.2) is 65.9 Å². The normalized spacial score (nSPS) is 17.1. The van der Waals surface area contributed by atoms with Crippen molar-refractivity contribution in [3.05, 3.63) is 75.0 Å². The first-order valence-electron chi connectivity index (χ1n) is 10.9. The van der Waals surface area contributed by atoms with Gasteiger partial charge in [0.2, 0.25) is 0 Å². The SMILES string of the molecule is Cc1cccc(NC2=C(c3ccc([N+](=O)[O-])cc3)C(=O)N(CCN3CCOCC3)C2=O)c1C. The highest BCUT2D eigenvalue weighted by molar-refractivity contribution is 6.36. The minimum Gasteiger partial charge on any atom is -0.379 e. The second-order valence-corrected chi connectivity index (χ2v) is 8.14. The molecule has 1 fully saturated rings. The molecule has 1 saturated heterocycles. The third-order valence-electron chi connectivity index (χ3n) is 6.14. The molecule has 0 bridgehead atoms. The van der Waals surface area contributed by atoms with Gasteiger partial charge in [-0.15, -0.1) is 0 Å². The highest BCUT2D eigenvalue weighted by atomic mass is 16.6. The number of carbonyl (C=O) groups is 2. The summed E-state index contributed by atoms with van der Waals surface area (Å²) in [5, 5.41) is 14.2. The number of morpholine rings is 1. The number of carbonyl (C=O) groups excluding carboxylic acids is 2. The van der Waals surface area contributed by atoms with Gasteiger partial charge in [0.1, 0.15) is 5.70 Å². The maximum Gasteiger partial charge on any atom is 0.278 e. The van der Waals surface area contributed by atoms with Crippen molar-refractivity contribution in [1.29, 1.82) is 0 Å². The summed E-state index contributed by atoms with van der Waals surface area (Å²) in [5.74, 6) is -0.808. The first kappa shape index (κ1) is 22.6. The Morgan fingerprint density at radius 2 is 1.70 bits per heavy atom. The summed E-state index contributed by atoms with van der Waals surface area (Å²) in [5.41, 5.74) is 3.55. The Kier molecular flexibility index (Phi) is 6.52. The number of anilines is 1. The van der Waals surface area contributed by atoms with Crippen LogP contribution < -0.4 is 5.32 Å². The summed E-state index contributed by atoms with van der Waals surface area (Å²) < 4.78 is 5.36. The summed E-state index contributed by atoms with van der Waals surface area (Å²) in [4.78, 5) is 40.7. The number of hydrogen-bond acceptors (Lipinski definition) is 7. The van der Waals surface area contributed by atoms with Crippen molar-refractivity contribution in [1.82, 2.24) is 9.80 Å². The fraction of sp³-hybridized carbons (Fsp3) is 0.333. The van der Waals surface area contributed by atoms with E-state index in [1.165, 1.54) is 29.2 Å². The summed E-state index contributed by atoms with van der Waals surface area (Å²) >= 11 is 0. The number of nitro groups is 1. The van der Waals surface area contributed by atoms with E-state index < -0.39 is 16.7 Å². The molecule has 0 aliphatic carbocycles. The molecule has 0 spiro atoms. The lowest BCUT2D eigenvalue weighted by atomic mass is 10.0. The molecule has 2 aliphatic rings. The Bertz CT molecular complexity index is 1120. The van der Waals surface area contributed by atoms with Gasteiger partial charge >= 0.3 is 0 Å². The van der Waals surface area contributed by atoms with Crippen LogP contribution in [0.4, 0.5) is 11.4 Å². The van der Waals surface area contributed by atoms with Crippen LogP contribution in [0, 0.1) is 24.0 Å². The van der Waals surface area contributed by atoms with Gasteiger partial charge in [-0.05, 0) is 48.7 Å². The first-order valence-corrected chi connectivity index (χ1v) is 10.9. The monoisotopic (exact) mass is 450 g/mol. The molecule has 0 radical (unpaired) electrons. The highest BCUT2D eigenvalue weighted by Gasteiger charge is 2.39. The Morgan fingerprint density at radius 3 is 2.36 bits per heavy atom. The molecule has 4 rings (SSSR count). The molecular weight excluding hydrogens is 424 g/mol. The van der Waals surface area contributed by atoms with Crippen molar-refractivity contribution in [3.8, 4) is 0 Å². The first-order chi connectivity index (χ1) is 15.9. The Hall–Kier alpha value is -3.56. The fourth-order valence-electron chi connectivity index (χ4n) is 4.00. The van der Waals surface area contributed by atoms with Crippen LogP contribution in [0.2, 0.25) is 0 Å². The van der Waals surface area contributed by atoms with Crippen LogP contribution in [0.15, 0.2) is 48.2 Å². The number of rotatable bonds is 7. The van der Waals surface area contributed by atoms with Crippen molar-refractivity contribution >= 4 is 28.8 Å². The van der Waals surface area contributed by atoms with E-state index >= 15 is 0 Å². The van der Waals surface area contributed by atoms with Crippen LogP contribution in [-0.2, 0) is 14.3 Å². The zero-order valence-corrected chi connectivity index (χ0v) is 18.7. The summed E-state index contributed by atoms with van der Waals surface area (Å²) in [6.07, 6.45) is 0. The average molecular weight is 450 g/mol. The summed E-state index contributed by atoms with van der Waals surface area (Å²) in [6.45, 7) is 7.51. The molecule has 172 valence electrons. The molecule has 2 aromatic carbocycles. The van der Waals surface area contributed by atoms with Crippen LogP contribution in [0.25, 0.3) is 5.57 Å². The summed E-state index contributed by atoms with van der Waals surface area (Å²) in [6, 6.07) is 11.4. The van der Waals surface area contributed by atoms with Crippen LogP contribution >= 0.6 is 0 Å². The molecule has 1 N–H and O–H groups in total. The quantitative estimate of drug-likeness (QED) is 0.393. The zero-order valence-electron chi connectivity index (χ0n) is 18.7. The topological polar surface area (TPSA) is 105 Å². The lowest BCUT2D eigenvalue weighted by Gasteiger charge is -2.28. The second kappa shape index (κ2) is 9.51. The van der Waals surface area contributed by atoms with Gasteiger partial charge in [-0.1, -0.05) is 12.1 Å². The van der Waals surface area contributed by atoms with Crippen molar-refractivity contribution in [2.45, 2.75) is 13.8 Å². The third-order valence-corrected chi connectivity index (χ3v) is 6.14. The van der Waals surface area contributed by atoms with E-state index in [1.54, 1.807) is 0 Å². The lowest BCUT2D eigenvalue weighted by Crippen LogP contribution is -2.43. The molecule has 2 aliphatic heterocycles. The summed E-state index contributed by atoms with van der Waals surface area (Å²) in [7, 11) is 0. The van der Waals surface area contributed by atoms with Gasteiger partial charge in [-0.3, -0.25) is 29.5 Å². The number of nitrogens with zero attached hydrogens (tertiary/aromatic N) is 3. The van der Waals surface area contributed by atoms with Gasteiger partial charge in [-0.25, -0.2) is 0 Å². The zero-order chi connectivity index (χ0) is 23.5. The van der Waals surface area contributed by atoms with Crippen molar-refractivity contribution in [2.24, 2.45) is 0 Å². The standard InChI is InChI=1S/C24H26N4O5/c1-16-4-3-5-20(17(16)2)25-22-21(18-6-8-19(9-7-18)28(31)32)23(29)27(24(22)30)11-10-26-12-14-33-15-13-26/h3-9,25H,10-15H2,1-2H3. The number of nitro benzene ring substituents is 1. The van der Waals surface area contributed by atoms with Crippen LogP contribution in [0.3, 0.4) is 0 Å². The van der Waals surface area contributed by atoms with Crippen molar-refractivity contribution in [2.75, 3.05) is 44.7 Å².